The van der Waals surface area contributed by atoms with E-state index in [1.54, 1.807) is 6.92 Å². The third-order valence-corrected chi connectivity index (χ3v) is 1.36. The van der Waals surface area contributed by atoms with E-state index in [9.17, 15) is 13.2 Å². The normalized spacial score (nSPS) is 12.0. The van der Waals surface area contributed by atoms with Crippen molar-refractivity contribution in [2.24, 2.45) is 0 Å². The van der Waals surface area contributed by atoms with Gasteiger partial charge in [0.15, 0.2) is 6.61 Å². The first kappa shape index (κ1) is 11.0. The summed E-state index contributed by atoms with van der Waals surface area (Å²) in [6.45, 7) is 0.608. The summed E-state index contributed by atoms with van der Waals surface area (Å²) in [7, 11) is 0. The molecular formula is C7H10F3N3O. The lowest BCUT2D eigenvalue weighted by Gasteiger charge is -2.07. The van der Waals surface area contributed by atoms with Crippen LogP contribution in [0.25, 0.3) is 0 Å². The number of rotatable bonds is 4. The Morgan fingerprint density at radius 1 is 1.57 bits per heavy atom. The lowest BCUT2D eigenvalue weighted by Crippen LogP contribution is -2.24. The number of aryl methyl sites for hydroxylation is 1. The van der Waals surface area contributed by atoms with Crippen LogP contribution in [-0.4, -0.2) is 22.8 Å². The Morgan fingerprint density at radius 3 is 2.79 bits per heavy atom. The number of aromatic amines is 1. The molecule has 0 radical (unpaired) electrons. The van der Waals surface area contributed by atoms with Gasteiger partial charge in [0, 0.05) is 6.20 Å². The molecule has 0 atom stereocenters. The molecule has 0 fully saturated rings. The van der Waals surface area contributed by atoms with Crippen molar-refractivity contribution < 1.29 is 18.0 Å². The molecule has 0 aromatic carbocycles. The maximum Gasteiger partial charge on any atom is 0.413 e. The molecule has 0 saturated heterocycles. The van der Waals surface area contributed by atoms with Gasteiger partial charge < -0.3 is 4.98 Å². The molecule has 0 saturated carbocycles. The minimum absolute atomic E-state index is 0.164. The summed E-state index contributed by atoms with van der Waals surface area (Å²) in [6, 6.07) is 0. The first-order valence-corrected chi connectivity index (χ1v) is 3.89. The molecule has 7 heteroatoms. The smallest absolute Gasteiger partial charge is 0.345 e. The number of hydroxylamine groups is 1. The van der Waals surface area contributed by atoms with Gasteiger partial charge in [-0.15, -0.1) is 0 Å². The van der Waals surface area contributed by atoms with Crippen LogP contribution in [0.5, 0.6) is 0 Å². The van der Waals surface area contributed by atoms with Crippen LogP contribution in [0.1, 0.15) is 11.5 Å². The van der Waals surface area contributed by atoms with Crippen LogP contribution in [0, 0.1) is 6.92 Å². The standard InChI is InChI=1S/C7H10F3N3O/c1-5-11-2-6(13-5)3-12-14-4-7(8,9)10/h2,12H,3-4H2,1H3,(H,11,13). The van der Waals surface area contributed by atoms with E-state index in [2.05, 4.69) is 20.3 Å². The topological polar surface area (TPSA) is 49.9 Å². The van der Waals surface area contributed by atoms with Crippen LogP contribution >= 0.6 is 0 Å². The molecule has 1 heterocycles. The average molecular weight is 209 g/mol. The van der Waals surface area contributed by atoms with E-state index >= 15 is 0 Å². The number of hydrogen-bond donors (Lipinski definition) is 2. The Bertz CT molecular complexity index is 284. The van der Waals surface area contributed by atoms with Gasteiger partial charge in [-0.3, -0.25) is 4.84 Å². The van der Waals surface area contributed by atoms with Gasteiger partial charge in [0.1, 0.15) is 5.82 Å². The minimum Gasteiger partial charge on any atom is -0.345 e. The Balaban J connectivity index is 2.16. The Kier molecular flexibility index (Phi) is 3.48. The second-order valence-corrected chi connectivity index (χ2v) is 2.72. The fourth-order valence-corrected chi connectivity index (χ4v) is 0.823. The third kappa shape index (κ3) is 4.24. The summed E-state index contributed by atoms with van der Waals surface area (Å²) in [6.07, 6.45) is -2.78. The third-order valence-electron chi connectivity index (χ3n) is 1.36. The Labute approximate surface area is 78.4 Å². The molecule has 0 amide bonds. The van der Waals surface area contributed by atoms with Crippen molar-refractivity contribution in [3.63, 3.8) is 0 Å². The van der Waals surface area contributed by atoms with Gasteiger partial charge >= 0.3 is 6.18 Å². The molecule has 0 aliphatic carbocycles. The Morgan fingerprint density at radius 2 is 2.29 bits per heavy atom. The maximum atomic E-state index is 11.6. The molecular weight excluding hydrogens is 199 g/mol. The molecule has 0 spiro atoms. The predicted octanol–water partition coefficient (Wildman–Crippen LogP) is 1.30. The molecule has 2 N–H and O–H groups in total. The predicted molar refractivity (Wildman–Crippen MR) is 42.2 cm³/mol. The zero-order valence-electron chi connectivity index (χ0n) is 7.48. The molecule has 80 valence electrons. The van der Waals surface area contributed by atoms with Crippen LogP contribution in [0.15, 0.2) is 6.20 Å². The van der Waals surface area contributed by atoms with E-state index in [4.69, 9.17) is 0 Å². The number of alkyl halides is 3. The Hall–Kier alpha value is -1.08. The molecule has 0 aliphatic heterocycles. The maximum absolute atomic E-state index is 11.6. The van der Waals surface area contributed by atoms with E-state index in [0.717, 1.165) is 0 Å². The van der Waals surface area contributed by atoms with Gasteiger partial charge in [-0.05, 0) is 6.92 Å². The quantitative estimate of drug-likeness (QED) is 0.580. The van der Waals surface area contributed by atoms with E-state index in [1.807, 2.05) is 0 Å². The largest absolute Gasteiger partial charge is 0.413 e. The van der Waals surface area contributed by atoms with Crippen LogP contribution < -0.4 is 5.48 Å². The van der Waals surface area contributed by atoms with E-state index in [0.29, 0.717) is 11.5 Å². The average Bonchev–Trinajstić information content (AvgIpc) is 2.44. The molecule has 14 heavy (non-hydrogen) atoms. The van der Waals surface area contributed by atoms with Crippen molar-refractivity contribution in [2.75, 3.05) is 6.61 Å². The van der Waals surface area contributed by atoms with E-state index in [-0.39, 0.29) is 6.54 Å². The number of imidazole rings is 1. The summed E-state index contributed by atoms with van der Waals surface area (Å²) in [5.41, 5.74) is 2.85. The van der Waals surface area contributed by atoms with Gasteiger partial charge in [0.2, 0.25) is 0 Å². The molecule has 1 aromatic rings. The summed E-state index contributed by atoms with van der Waals surface area (Å²) in [5, 5.41) is 0. The lowest BCUT2D eigenvalue weighted by atomic mass is 10.5. The number of hydrogen-bond acceptors (Lipinski definition) is 3. The van der Waals surface area contributed by atoms with Crippen LogP contribution in [0.4, 0.5) is 13.2 Å². The molecule has 1 aromatic heterocycles. The highest BCUT2D eigenvalue weighted by atomic mass is 19.4. The molecule has 4 nitrogen and oxygen atoms in total. The fraction of sp³-hybridized carbons (Fsp3) is 0.571. The number of nitrogens with one attached hydrogen (secondary N) is 2. The van der Waals surface area contributed by atoms with Crippen LogP contribution in [0.2, 0.25) is 0 Å². The number of aromatic nitrogens is 2. The van der Waals surface area contributed by atoms with Crippen LogP contribution in [-0.2, 0) is 11.4 Å². The molecule has 0 bridgehead atoms. The highest BCUT2D eigenvalue weighted by Gasteiger charge is 2.27. The first-order chi connectivity index (χ1) is 6.47. The summed E-state index contributed by atoms with van der Waals surface area (Å²) in [4.78, 5) is 10.9. The monoisotopic (exact) mass is 209 g/mol. The van der Waals surface area contributed by atoms with E-state index < -0.39 is 12.8 Å². The van der Waals surface area contributed by atoms with Gasteiger partial charge in [-0.25, -0.2) is 4.98 Å². The second kappa shape index (κ2) is 4.43. The van der Waals surface area contributed by atoms with E-state index in [1.165, 1.54) is 6.20 Å². The van der Waals surface area contributed by atoms with Gasteiger partial charge in [-0.2, -0.15) is 18.7 Å². The lowest BCUT2D eigenvalue weighted by molar-refractivity contribution is -0.190. The molecule has 1 rings (SSSR count). The highest BCUT2D eigenvalue weighted by molar-refractivity contribution is 4.98. The SMILES string of the molecule is Cc1ncc(CNOCC(F)(F)F)[nH]1. The van der Waals surface area contributed by atoms with Crippen molar-refractivity contribution in [2.45, 2.75) is 19.6 Å². The van der Waals surface area contributed by atoms with Crippen molar-refractivity contribution in [3.05, 3.63) is 17.7 Å². The zero-order chi connectivity index (χ0) is 10.6. The molecule has 0 aliphatic rings. The number of halogens is 3. The van der Waals surface area contributed by atoms with Gasteiger partial charge in [-0.1, -0.05) is 0 Å². The zero-order valence-corrected chi connectivity index (χ0v) is 7.48. The van der Waals surface area contributed by atoms with Crippen molar-refractivity contribution in [1.82, 2.24) is 15.4 Å². The number of H-pyrrole nitrogens is 1. The first-order valence-electron chi connectivity index (χ1n) is 3.89. The summed E-state index contributed by atoms with van der Waals surface area (Å²) >= 11 is 0. The summed E-state index contributed by atoms with van der Waals surface area (Å²) < 4.78 is 34.8. The fourth-order valence-electron chi connectivity index (χ4n) is 0.823. The minimum atomic E-state index is -4.31. The van der Waals surface area contributed by atoms with Crippen molar-refractivity contribution in [3.8, 4) is 0 Å². The van der Waals surface area contributed by atoms with Gasteiger partial charge in [0.25, 0.3) is 0 Å². The molecule has 0 unspecified atom stereocenters. The van der Waals surface area contributed by atoms with Crippen molar-refractivity contribution >= 4 is 0 Å². The highest BCUT2D eigenvalue weighted by Crippen LogP contribution is 2.13. The second-order valence-electron chi connectivity index (χ2n) is 2.72. The van der Waals surface area contributed by atoms with Gasteiger partial charge in [0.05, 0.1) is 12.2 Å². The number of nitrogens with zero attached hydrogens (tertiary/aromatic N) is 1. The summed E-state index contributed by atoms with van der Waals surface area (Å²) in [5.74, 6) is 0.706. The van der Waals surface area contributed by atoms with Crippen molar-refractivity contribution in [1.29, 1.82) is 0 Å². The van der Waals surface area contributed by atoms with Crippen LogP contribution in [0.3, 0.4) is 0 Å².